The molecular weight excluding hydrogens is 330 g/mol. The quantitative estimate of drug-likeness (QED) is 0.615. The fourth-order valence-corrected chi connectivity index (χ4v) is 3.09. The van der Waals surface area contributed by atoms with Crippen molar-refractivity contribution in [1.82, 2.24) is 24.5 Å². The molecule has 0 aliphatic rings. The molecule has 1 amide bonds. The Morgan fingerprint density at radius 3 is 2.73 bits per heavy atom. The van der Waals surface area contributed by atoms with Crippen molar-refractivity contribution in [3.05, 3.63) is 76.5 Å². The number of nitrogens with one attached hydrogen (secondary N) is 1. The molecule has 4 aromatic rings. The average molecular weight is 347 g/mol. The topological polar surface area (TPSA) is 81.3 Å². The molecule has 1 aromatic carbocycles. The van der Waals surface area contributed by atoms with E-state index in [2.05, 4.69) is 15.5 Å². The summed E-state index contributed by atoms with van der Waals surface area (Å²) in [5.74, 6) is 0.307. The lowest BCUT2D eigenvalue weighted by atomic mass is 10.1. The van der Waals surface area contributed by atoms with Crippen molar-refractivity contribution in [3.8, 4) is 0 Å². The van der Waals surface area contributed by atoms with Crippen molar-refractivity contribution in [2.75, 3.05) is 0 Å². The van der Waals surface area contributed by atoms with E-state index >= 15 is 0 Å². The van der Waals surface area contributed by atoms with Gasteiger partial charge in [0, 0.05) is 24.7 Å². The molecule has 1 N–H and O–H groups in total. The first kappa shape index (κ1) is 16.0. The van der Waals surface area contributed by atoms with Gasteiger partial charge in [-0.25, -0.2) is 0 Å². The SMILES string of the molecule is CC(NC(=O)c1cc(=O)n(C)c2ccccc12)c1nnc2ccccn12. The van der Waals surface area contributed by atoms with Crippen LogP contribution in [-0.2, 0) is 7.05 Å². The van der Waals surface area contributed by atoms with E-state index in [1.807, 2.05) is 60.0 Å². The predicted octanol–water partition coefficient (Wildman–Crippen LogP) is 2.07. The molecule has 26 heavy (non-hydrogen) atoms. The molecule has 0 radical (unpaired) electrons. The number of pyridine rings is 2. The van der Waals surface area contributed by atoms with Crippen LogP contribution < -0.4 is 10.9 Å². The van der Waals surface area contributed by atoms with E-state index in [0.717, 1.165) is 5.39 Å². The number of nitrogens with zero attached hydrogens (tertiary/aromatic N) is 4. The third-order valence-corrected chi connectivity index (χ3v) is 4.47. The van der Waals surface area contributed by atoms with Crippen molar-refractivity contribution in [2.24, 2.45) is 7.05 Å². The maximum atomic E-state index is 12.8. The monoisotopic (exact) mass is 347 g/mol. The highest BCUT2D eigenvalue weighted by atomic mass is 16.2. The zero-order valence-electron chi connectivity index (χ0n) is 14.4. The van der Waals surface area contributed by atoms with Crippen LogP contribution in [0.5, 0.6) is 0 Å². The van der Waals surface area contributed by atoms with Crippen molar-refractivity contribution in [1.29, 1.82) is 0 Å². The van der Waals surface area contributed by atoms with Crippen molar-refractivity contribution in [2.45, 2.75) is 13.0 Å². The fourth-order valence-electron chi connectivity index (χ4n) is 3.09. The molecule has 7 nitrogen and oxygen atoms in total. The Hall–Kier alpha value is -3.48. The van der Waals surface area contributed by atoms with Crippen LogP contribution in [0.4, 0.5) is 0 Å². The van der Waals surface area contributed by atoms with Crippen LogP contribution in [0.2, 0.25) is 0 Å². The number of aromatic nitrogens is 4. The van der Waals surface area contributed by atoms with Gasteiger partial charge in [-0.15, -0.1) is 10.2 Å². The Morgan fingerprint density at radius 2 is 1.88 bits per heavy atom. The molecule has 1 atom stereocenters. The van der Waals surface area contributed by atoms with Gasteiger partial charge in [-0.3, -0.25) is 14.0 Å². The first-order chi connectivity index (χ1) is 12.6. The molecule has 4 rings (SSSR count). The fraction of sp³-hybridized carbons (Fsp3) is 0.158. The van der Waals surface area contributed by atoms with Crippen LogP contribution in [0.15, 0.2) is 59.5 Å². The second-order valence-electron chi connectivity index (χ2n) is 6.15. The van der Waals surface area contributed by atoms with Gasteiger partial charge in [0.2, 0.25) is 0 Å². The number of para-hydroxylation sites is 1. The van der Waals surface area contributed by atoms with Crippen LogP contribution in [0.3, 0.4) is 0 Å². The summed E-state index contributed by atoms with van der Waals surface area (Å²) in [4.78, 5) is 25.1. The van der Waals surface area contributed by atoms with Gasteiger partial charge in [-0.05, 0) is 25.1 Å². The maximum Gasteiger partial charge on any atom is 0.252 e. The van der Waals surface area contributed by atoms with Crippen molar-refractivity contribution in [3.63, 3.8) is 0 Å². The van der Waals surface area contributed by atoms with Crippen LogP contribution in [0, 0.1) is 0 Å². The minimum Gasteiger partial charge on any atom is -0.342 e. The Labute approximate surface area is 148 Å². The van der Waals surface area contributed by atoms with E-state index in [1.54, 1.807) is 7.05 Å². The van der Waals surface area contributed by atoms with Gasteiger partial charge in [-0.2, -0.15) is 0 Å². The average Bonchev–Trinajstić information content (AvgIpc) is 3.09. The summed E-state index contributed by atoms with van der Waals surface area (Å²) in [6.45, 7) is 1.84. The van der Waals surface area contributed by atoms with E-state index in [9.17, 15) is 9.59 Å². The van der Waals surface area contributed by atoms with Gasteiger partial charge in [0.15, 0.2) is 11.5 Å². The number of benzene rings is 1. The molecule has 0 saturated carbocycles. The van der Waals surface area contributed by atoms with Crippen LogP contribution in [-0.4, -0.2) is 25.1 Å². The number of rotatable bonds is 3. The lowest BCUT2D eigenvalue weighted by molar-refractivity contribution is 0.0939. The molecule has 130 valence electrons. The Kier molecular flexibility index (Phi) is 3.76. The molecule has 0 bridgehead atoms. The molecule has 3 aromatic heterocycles. The van der Waals surface area contributed by atoms with E-state index < -0.39 is 0 Å². The summed E-state index contributed by atoms with van der Waals surface area (Å²) in [7, 11) is 1.69. The van der Waals surface area contributed by atoms with Crippen LogP contribution in [0.25, 0.3) is 16.6 Å². The van der Waals surface area contributed by atoms with E-state index in [-0.39, 0.29) is 17.5 Å². The molecule has 0 aliphatic carbocycles. The highest BCUT2D eigenvalue weighted by molar-refractivity contribution is 6.06. The molecule has 0 fully saturated rings. The Bertz CT molecular complexity index is 1190. The van der Waals surface area contributed by atoms with Crippen LogP contribution in [0.1, 0.15) is 29.1 Å². The molecule has 0 spiro atoms. The number of hydrogen-bond donors (Lipinski definition) is 1. The molecule has 1 unspecified atom stereocenters. The van der Waals surface area contributed by atoms with Crippen molar-refractivity contribution >= 4 is 22.5 Å². The van der Waals surface area contributed by atoms with Gasteiger partial charge in [0.05, 0.1) is 17.1 Å². The number of hydrogen-bond acceptors (Lipinski definition) is 4. The minimum absolute atomic E-state index is 0.227. The lowest BCUT2D eigenvalue weighted by Crippen LogP contribution is -2.30. The Balaban J connectivity index is 1.72. The van der Waals surface area contributed by atoms with E-state index in [0.29, 0.717) is 22.6 Å². The van der Waals surface area contributed by atoms with Gasteiger partial charge in [-0.1, -0.05) is 24.3 Å². The number of carbonyl (C=O) groups is 1. The summed E-state index contributed by atoms with van der Waals surface area (Å²) >= 11 is 0. The van der Waals surface area contributed by atoms with Gasteiger partial charge >= 0.3 is 0 Å². The molecular formula is C19H17N5O2. The normalized spacial score (nSPS) is 12.4. The summed E-state index contributed by atoms with van der Waals surface area (Å²) < 4.78 is 3.36. The largest absolute Gasteiger partial charge is 0.342 e. The summed E-state index contributed by atoms with van der Waals surface area (Å²) in [5, 5.41) is 11.9. The number of fused-ring (bicyclic) bond motifs is 2. The van der Waals surface area contributed by atoms with Crippen molar-refractivity contribution < 1.29 is 4.79 Å². The standard InChI is InChI=1S/C19H17N5O2/c1-12(18-22-21-16-9-5-6-10-24(16)18)20-19(26)14-11-17(25)23(2)15-8-4-3-7-13(14)15/h3-12H,1-2H3,(H,20,26). The van der Waals surface area contributed by atoms with Gasteiger partial charge in [0.1, 0.15) is 0 Å². The van der Waals surface area contributed by atoms with Crippen LogP contribution >= 0.6 is 0 Å². The van der Waals surface area contributed by atoms with Gasteiger partial charge < -0.3 is 9.88 Å². The summed E-state index contributed by atoms with van der Waals surface area (Å²) in [6.07, 6.45) is 1.85. The predicted molar refractivity (Wildman–Crippen MR) is 98.1 cm³/mol. The smallest absolute Gasteiger partial charge is 0.252 e. The van der Waals surface area contributed by atoms with Gasteiger partial charge in [0.25, 0.3) is 11.5 Å². The second kappa shape index (κ2) is 6.11. The highest BCUT2D eigenvalue weighted by Crippen LogP contribution is 2.18. The third-order valence-electron chi connectivity index (χ3n) is 4.47. The second-order valence-corrected chi connectivity index (χ2v) is 6.15. The maximum absolute atomic E-state index is 12.8. The minimum atomic E-state index is -0.372. The van der Waals surface area contributed by atoms with E-state index in [1.165, 1.54) is 10.6 Å². The van der Waals surface area contributed by atoms with E-state index in [4.69, 9.17) is 0 Å². The summed E-state index contributed by atoms with van der Waals surface area (Å²) in [5.41, 5.74) is 1.55. The highest BCUT2D eigenvalue weighted by Gasteiger charge is 2.19. The molecule has 7 heteroatoms. The zero-order chi connectivity index (χ0) is 18.3. The number of amides is 1. The first-order valence-corrected chi connectivity index (χ1v) is 8.25. The molecule has 3 heterocycles. The lowest BCUT2D eigenvalue weighted by Gasteiger charge is -2.14. The third kappa shape index (κ3) is 2.54. The number of carbonyl (C=O) groups excluding carboxylic acids is 1. The molecule has 0 aliphatic heterocycles. The number of aryl methyl sites for hydroxylation is 1. The zero-order valence-corrected chi connectivity index (χ0v) is 14.4. The first-order valence-electron chi connectivity index (χ1n) is 8.25. The summed E-state index contributed by atoms with van der Waals surface area (Å²) in [6, 6.07) is 13.9. The Morgan fingerprint density at radius 1 is 1.12 bits per heavy atom. The molecule has 0 saturated heterocycles.